The van der Waals surface area contributed by atoms with Gasteiger partial charge in [0.25, 0.3) is 0 Å². The fourth-order valence-electron chi connectivity index (χ4n) is 3.66. The number of hydrogen-bond donors (Lipinski definition) is 1. The Balaban J connectivity index is 1.57. The Kier molecular flexibility index (Phi) is 7.19. The molecule has 8 heteroatoms. The molecule has 1 N–H and O–H groups in total. The zero-order chi connectivity index (χ0) is 24.1. The normalized spacial score (nSPS) is 13.2. The summed E-state index contributed by atoms with van der Waals surface area (Å²) in [6.45, 7) is 4.67. The highest BCUT2D eigenvalue weighted by molar-refractivity contribution is 7.89. The molecule has 0 radical (unpaired) electrons. The molecule has 1 heterocycles. The first-order valence-corrected chi connectivity index (χ1v) is 12.6. The number of carbonyl (C=O) groups is 1. The van der Waals surface area contributed by atoms with Crippen LogP contribution in [0.2, 0.25) is 0 Å². The van der Waals surface area contributed by atoms with E-state index >= 15 is 0 Å². The summed E-state index contributed by atoms with van der Waals surface area (Å²) >= 11 is 0. The SMILES string of the molecule is CC(C)c1ccc(NC(=O)CN(Cc2ccccc2)S(=O)(=O)c2ccc3c(c2)OCCO3)cc1. The van der Waals surface area contributed by atoms with Gasteiger partial charge in [0.2, 0.25) is 15.9 Å². The number of rotatable bonds is 8. The average molecular weight is 481 g/mol. The van der Waals surface area contributed by atoms with Crippen LogP contribution in [0.25, 0.3) is 0 Å². The van der Waals surface area contributed by atoms with Crippen molar-refractivity contribution in [3.63, 3.8) is 0 Å². The van der Waals surface area contributed by atoms with Gasteiger partial charge < -0.3 is 14.8 Å². The first-order valence-electron chi connectivity index (χ1n) is 11.2. The van der Waals surface area contributed by atoms with Crippen LogP contribution in [0.5, 0.6) is 11.5 Å². The minimum absolute atomic E-state index is 0.0433. The number of hydrogen-bond acceptors (Lipinski definition) is 5. The van der Waals surface area contributed by atoms with Crippen molar-refractivity contribution in [2.75, 3.05) is 25.1 Å². The lowest BCUT2D eigenvalue weighted by Crippen LogP contribution is -2.37. The second-order valence-corrected chi connectivity index (χ2v) is 10.3. The largest absolute Gasteiger partial charge is 0.486 e. The van der Waals surface area contributed by atoms with Crippen LogP contribution in [0.3, 0.4) is 0 Å². The van der Waals surface area contributed by atoms with E-state index in [4.69, 9.17) is 9.47 Å². The first kappa shape index (κ1) is 23.8. The lowest BCUT2D eigenvalue weighted by molar-refractivity contribution is -0.116. The van der Waals surface area contributed by atoms with Gasteiger partial charge >= 0.3 is 0 Å². The van der Waals surface area contributed by atoms with E-state index < -0.39 is 15.9 Å². The maximum Gasteiger partial charge on any atom is 0.243 e. The molecule has 0 bridgehead atoms. The van der Waals surface area contributed by atoms with Gasteiger partial charge in [-0.05, 0) is 41.3 Å². The molecule has 0 atom stereocenters. The number of ether oxygens (including phenoxy) is 2. The summed E-state index contributed by atoms with van der Waals surface area (Å²) in [6, 6.07) is 21.2. The Morgan fingerprint density at radius 3 is 2.29 bits per heavy atom. The molecule has 0 saturated heterocycles. The Labute approximate surface area is 200 Å². The van der Waals surface area contributed by atoms with Gasteiger partial charge in [-0.15, -0.1) is 0 Å². The third-order valence-electron chi connectivity index (χ3n) is 5.53. The van der Waals surface area contributed by atoms with Crippen LogP contribution in [0, 0.1) is 0 Å². The van der Waals surface area contributed by atoms with Gasteiger partial charge in [0, 0.05) is 18.3 Å². The number of sulfonamides is 1. The number of amides is 1. The lowest BCUT2D eigenvalue weighted by atomic mass is 10.0. The molecular formula is C26H28N2O5S. The van der Waals surface area contributed by atoms with Crippen molar-refractivity contribution in [1.29, 1.82) is 0 Å². The summed E-state index contributed by atoms with van der Waals surface area (Å²) in [7, 11) is -4.00. The average Bonchev–Trinajstić information content (AvgIpc) is 2.84. The molecule has 1 aliphatic rings. The highest BCUT2D eigenvalue weighted by Gasteiger charge is 2.28. The van der Waals surface area contributed by atoms with Crippen LogP contribution in [0.4, 0.5) is 5.69 Å². The quantitative estimate of drug-likeness (QED) is 0.516. The van der Waals surface area contributed by atoms with E-state index in [0.717, 1.165) is 11.1 Å². The van der Waals surface area contributed by atoms with Gasteiger partial charge in [-0.25, -0.2) is 8.42 Å². The topological polar surface area (TPSA) is 84.9 Å². The summed E-state index contributed by atoms with van der Waals surface area (Å²) in [4.78, 5) is 12.9. The van der Waals surface area contributed by atoms with E-state index in [1.54, 1.807) is 6.07 Å². The molecule has 0 saturated carbocycles. The zero-order valence-corrected chi connectivity index (χ0v) is 20.0. The second-order valence-electron chi connectivity index (χ2n) is 8.39. The van der Waals surface area contributed by atoms with E-state index in [-0.39, 0.29) is 18.0 Å². The Hall–Kier alpha value is -3.36. The van der Waals surface area contributed by atoms with E-state index in [1.165, 1.54) is 16.4 Å². The molecule has 3 aromatic rings. The summed E-state index contributed by atoms with van der Waals surface area (Å²) in [5.74, 6) is 0.834. The van der Waals surface area contributed by atoms with E-state index in [2.05, 4.69) is 19.2 Å². The third kappa shape index (κ3) is 5.58. The van der Waals surface area contributed by atoms with Gasteiger partial charge in [-0.1, -0.05) is 56.3 Å². The minimum atomic E-state index is -4.00. The summed E-state index contributed by atoms with van der Waals surface area (Å²) in [5.41, 5.74) is 2.55. The van der Waals surface area contributed by atoms with Crippen LogP contribution in [-0.2, 0) is 21.4 Å². The van der Waals surface area contributed by atoms with Crippen LogP contribution in [0.15, 0.2) is 77.7 Å². The van der Waals surface area contributed by atoms with Crippen LogP contribution in [0.1, 0.15) is 30.9 Å². The van der Waals surface area contributed by atoms with E-state index in [9.17, 15) is 13.2 Å². The monoisotopic (exact) mass is 480 g/mol. The van der Waals surface area contributed by atoms with Crippen molar-refractivity contribution >= 4 is 21.6 Å². The van der Waals surface area contributed by atoms with Gasteiger partial charge in [-0.3, -0.25) is 4.79 Å². The number of anilines is 1. The predicted octanol–water partition coefficient (Wildman–Crippen LogP) is 4.41. The van der Waals surface area contributed by atoms with Crippen LogP contribution in [-0.4, -0.2) is 38.4 Å². The summed E-state index contributed by atoms with van der Waals surface area (Å²) in [5, 5.41) is 2.81. The molecule has 1 aliphatic heterocycles. The molecule has 178 valence electrons. The minimum Gasteiger partial charge on any atom is -0.486 e. The number of benzene rings is 3. The number of nitrogens with one attached hydrogen (secondary N) is 1. The number of fused-ring (bicyclic) bond motifs is 1. The summed E-state index contributed by atoms with van der Waals surface area (Å²) < 4.78 is 39.4. The Bertz CT molecular complexity index is 1240. The van der Waals surface area contributed by atoms with Crippen molar-refractivity contribution in [3.05, 3.63) is 83.9 Å². The molecule has 0 unspecified atom stereocenters. The maximum absolute atomic E-state index is 13.6. The molecule has 34 heavy (non-hydrogen) atoms. The lowest BCUT2D eigenvalue weighted by Gasteiger charge is -2.24. The maximum atomic E-state index is 13.6. The van der Waals surface area contributed by atoms with Crippen LogP contribution < -0.4 is 14.8 Å². The predicted molar refractivity (Wildman–Crippen MR) is 131 cm³/mol. The molecule has 1 amide bonds. The zero-order valence-electron chi connectivity index (χ0n) is 19.2. The van der Waals surface area contributed by atoms with Gasteiger partial charge in [-0.2, -0.15) is 4.31 Å². The van der Waals surface area contributed by atoms with Crippen molar-refractivity contribution in [1.82, 2.24) is 4.31 Å². The van der Waals surface area contributed by atoms with Crippen molar-refractivity contribution in [2.45, 2.75) is 31.2 Å². The van der Waals surface area contributed by atoms with E-state index in [1.807, 2.05) is 54.6 Å². The van der Waals surface area contributed by atoms with Gasteiger partial charge in [0.15, 0.2) is 11.5 Å². The third-order valence-corrected chi connectivity index (χ3v) is 7.32. The number of nitrogens with zero attached hydrogens (tertiary/aromatic N) is 1. The van der Waals surface area contributed by atoms with Crippen molar-refractivity contribution in [3.8, 4) is 11.5 Å². The van der Waals surface area contributed by atoms with Gasteiger partial charge in [0.1, 0.15) is 13.2 Å². The molecule has 0 aromatic heterocycles. The molecule has 0 fully saturated rings. The fourth-order valence-corrected chi connectivity index (χ4v) is 5.06. The summed E-state index contributed by atoms with van der Waals surface area (Å²) in [6.07, 6.45) is 0. The Morgan fingerprint density at radius 1 is 0.941 bits per heavy atom. The smallest absolute Gasteiger partial charge is 0.243 e. The standard InChI is InChI=1S/C26H28N2O5S/c1-19(2)21-8-10-22(11-9-21)27-26(29)18-28(17-20-6-4-3-5-7-20)34(30,31)23-12-13-24-25(16-23)33-15-14-32-24/h3-13,16,19H,14-15,17-18H2,1-2H3,(H,27,29). The second kappa shape index (κ2) is 10.3. The molecule has 4 rings (SSSR count). The molecule has 3 aromatic carbocycles. The van der Waals surface area contributed by atoms with Crippen LogP contribution >= 0.6 is 0 Å². The highest BCUT2D eigenvalue weighted by atomic mass is 32.2. The molecule has 0 spiro atoms. The first-order chi connectivity index (χ1) is 16.3. The van der Waals surface area contributed by atoms with Gasteiger partial charge in [0.05, 0.1) is 11.4 Å². The van der Waals surface area contributed by atoms with Crippen molar-refractivity contribution in [2.24, 2.45) is 0 Å². The molecule has 7 nitrogen and oxygen atoms in total. The fraction of sp³-hybridized carbons (Fsp3) is 0.269. The van der Waals surface area contributed by atoms with E-state index in [0.29, 0.717) is 36.3 Å². The highest BCUT2D eigenvalue weighted by Crippen LogP contribution is 2.33. The molecule has 0 aliphatic carbocycles. The van der Waals surface area contributed by atoms with Crippen molar-refractivity contribution < 1.29 is 22.7 Å². The Morgan fingerprint density at radius 2 is 1.62 bits per heavy atom. The molecular weight excluding hydrogens is 452 g/mol. The number of carbonyl (C=O) groups excluding carboxylic acids is 1.